The van der Waals surface area contributed by atoms with Gasteiger partial charge in [-0.15, -0.1) is 0 Å². The van der Waals surface area contributed by atoms with Gasteiger partial charge >= 0.3 is 0 Å². The maximum Gasteiger partial charge on any atom is 0.137 e. The summed E-state index contributed by atoms with van der Waals surface area (Å²) in [4.78, 5) is 3.94. The van der Waals surface area contributed by atoms with Crippen molar-refractivity contribution in [3.8, 4) is 5.75 Å². The molecule has 0 spiro atoms. The molecule has 4 heteroatoms. The predicted molar refractivity (Wildman–Crippen MR) is 68.1 cm³/mol. The van der Waals surface area contributed by atoms with Crippen molar-refractivity contribution in [3.05, 3.63) is 59.4 Å². The highest BCUT2D eigenvalue weighted by Crippen LogP contribution is 2.24. The van der Waals surface area contributed by atoms with Crippen LogP contribution in [-0.4, -0.2) is 11.6 Å². The summed E-state index contributed by atoms with van der Waals surface area (Å²) in [7, 11) is 0. The molecule has 0 aliphatic heterocycles. The van der Waals surface area contributed by atoms with E-state index in [0.29, 0.717) is 17.4 Å². The van der Waals surface area contributed by atoms with E-state index in [9.17, 15) is 0 Å². The van der Waals surface area contributed by atoms with Gasteiger partial charge in [-0.25, -0.2) is 0 Å². The van der Waals surface area contributed by atoms with Gasteiger partial charge < -0.3 is 10.5 Å². The Kier molecular flexibility index (Phi) is 3.96. The van der Waals surface area contributed by atoms with Gasteiger partial charge in [0, 0.05) is 12.4 Å². The number of halogens is 1. The molecule has 2 N–H and O–H groups in total. The Labute approximate surface area is 105 Å². The normalized spacial score (nSPS) is 12.1. The molecule has 0 bridgehead atoms. The Morgan fingerprint density at radius 3 is 2.59 bits per heavy atom. The fraction of sp³-hybridized carbons (Fsp3) is 0.154. The SMILES string of the molecule is NC(COc1ccccc1Cl)c1ccncc1. The van der Waals surface area contributed by atoms with Crippen molar-refractivity contribution in [2.75, 3.05) is 6.61 Å². The zero-order chi connectivity index (χ0) is 12.1. The highest BCUT2D eigenvalue weighted by molar-refractivity contribution is 6.32. The Morgan fingerprint density at radius 2 is 1.88 bits per heavy atom. The highest BCUT2D eigenvalue weighted by atomic mass is 35.5. The van der Waals surface area contributed by atoms with Crippen molar-refractivity contribution >= 4 is 11.6 Å². The Hall–Kier alpha value is -1.58. The van der Waals surface area contributed by atoms with E-state index in [1.165, 1.54) is 0 Å². The summed E-state index contributed by atoms with van der Waals surface area (Å²) in [5.74, 6) is 0.652. The second-order valence-corrected chi connectivity index (χ2v) is 4.04. The van der Waals surface area contributed by atoms with E-state index in [1.807, 2.05) is 30.3 Å². The Bertz CT molecular complexity index is 476. The summed E-state index contributed by atoms with van der Waals surface area (Å²) < 4.78 is 5.58. The van der Waals surface area contributed by atoms with Crippen LogP contribution in [0, 0.1) is 0 Å². The standard InChI is InChI=1S/C13H13ClN2O/c14-11-3-1-2-4-13(11)17-9-12(15)10-5-7-16-8-6-10/h1-8,12H,9,15H2. The number of ether oxygens (including phenoxy) is 1. The average molecular weight is 249 g/mol. The fourth-order valence-electron chi connectivity index (χ4n) is 1.45. The second kappa shape index (κ2) is 5.66. The Balaban J connectivity index is 1.97. The van der Waals surface area contributed by atoms with Crippen LogP contribution in [0.5, 0.6) is 5.75 Å². The van der Waals surface area contributed by atoms with Crippen LogP contribution in [0.4, 0.5) is 0 Å². The number of benzene rings is 1. The van der Waals surface area contributed by atoms with Gasteiger partial charge in [0.2, 0.25) is 0 Å². The summed E-state index contributed by atoms with van der Waals surface area (Å²) in [6, 6.07) is 10.9. The van der Waals surface area contributed by atoms with Gasteiger partial charge in [-0.05, 0) is 29.8 Å². The maximum absolute atomic E-state index is 6.00. The van der Waals surface area contributed by atoms with Crippen LogP contribution in [0.2, 0.25) is 5.02 Å². The van der Waals surface area contributed by atoms with Crippen molar-refractivity contribution in [2.45, 2.75) is 6.04 Å². The first-order valence-electron chi connectivity index (χ1n) is 5.30. The minimum Gasteiger partial charge on any atom is -0.490 e. The van der Waals surface area contributed by atoms with Gasteiger partial charge in [-0.1, -0.05) is 23.7 Å². The van der Waals surface area contributed by atoms with Crippen molar-refractivity contribution in [1.29, 1.82) is 0 Å². The molecule has 2 rings (SSSR count). The first-order valence-corrected chi connectivity index (χ1v) is 5.68. The minimum atomic E-state index is -0.186. The van der Waals surface area contributed by atoms with Crippen LogP contribution in [-0.2, 0) is 0 Å². The third kappa shape index (κ3) is 3.19. The van der Waals surface area contributed by atoms with Crippen LogP contribution in [0.15, 0.2) is 48.8 Å². The van der Waals surface area contributed by atoms with E-state index in [-0.39, 0.29) is 6.04 Å². The monoisotopic (exact) mass is 248 g/mol. The molecule has 1 unspecified atom stereocenters. The van der Waals surface area contributed by atoms with E-state index in [4.69, 9.17) is 22.1 Å². The zero-order valence-electron chi connectivity index (χ0n) is 9.21. The van der Waals surface area contributed by atoms with Crippen molar-refractivity contribution in [2.24, 2.45) is 5.73 Å². The largest absolute Gasteiger partial charge is 0.490 e. The number of nitrogens with two attached hydrogens (primary N) is 1. The lowest BCUT2D eigenvalue weighted by atomic mass is 10.1. The van der Waals surface area contributed by atoms with Gasteiger partial charge in [0.1, 0.15) is 12.4 Å². The molecule has 1 heterocycles. The van der Waals surface area contributed by atoms with Gasteiger partial charge in [-0.3, -0.25) is 4.98 Å². The molecule has 0 aliphatic carbocycles. The molecule has 0 radical (unpaired) electrons. The number of aromatic nitrogens is 1. The molecular formula is C13H13ClN2O. The van der Waals surface area contributed by atoms with Gasteiger partial charge in [0.05, 0.1) is 11.1 Å². The summed E-state index contributed by atoms with van der Waals surface area (Å²) in [6.45, 7) is 0.383. The molecule has 0 aliphatic rings. The van der Waals surface area contributed by atoms with E-state index in [1.54, 1.807) is 18.5 Å². The maximum atomic E-state index is 6.00. The number of nitrogens with zero attached hydrogens (tertiary/aromatic N) is 1. The summed E-state index contributed by atoms with van der Waals surface area (Å²) in [5, 5.41) is 0.592. The van der Waals surface area contributed by atoms with Gasteiger partial charge in [-0.2, -0.15) is 0 Å². The lowest BCUT2D eigenvalue weighted by Gasteiger charge is -2.13. The lowest BCUT2D eigenvalue weighted by Crippen LogP contribution is -2.19. The van der Waals surface area contributed by atoms with Gasteiger partial charge in [0.15, 0.2) is 0 Å². The molecule has 3 nitrogen and oxygen atoms in total. The topological polar surface area (TPSA) is 48.1 Å². The average Bonchev–Trinajstić information content (AvgIpc) is 2.38. The molecular weight excluding hydrogens is 236 g/mol. The first-order chi connectivity index (χ1) is 8.27. The van der Waals surface area contributed by atoms with Crippen LogP contribution >= 0.6 is 11.6 Å². The van der Waals surface area contributed by atoms with E-state index in [0.717, 1.165) is 5.56 Å². The van der Waals surface area contributed by atoms with E-state index < -0.39 is 0 Å². The van der Waals surface area contributed by atoms with Crippen LogP contribution < -0.4 is 10.5 Å². The van der Waals surface area contributed by atoms with Gasteiger partial charge in [0.25, 0.3) is 0 Å². The third-order valence-electron chi connectivity index (χ3n) is 2.39. The second-order valence-electron chi connectivity index (χ2n) is 3.63. The van der Waals surface area contributed by atoms with Crippen molar-refractivity contribution in [3.63, 3.8) is 0 Å². The fourth-order valence-corrected chi connectivity index (χ4v) is 1.64. The van der Waals surface area contributed by atoms with E-state index >= 15 is 0 Å². The molecule has 0 saturated heterocycles. The van der Waals surface area contributed by atoms with E-state index in [2.05, 4.69) is 4.98 Å². The van der Waals surface area contributed by atoms with Crippen LogP contribution in [0.3, 0.4) is 0 Å². The molecule has 88 valence electrons. The quantitative estimate of drug-likeness (QED) is 0.905. The molecule has 0 amide bonds. The highest BCUT2D eigenvalue weighted by Gasteiger charge is 2.07. The number of para-hydroxylation sites is 1. The minimum absolute atomic E-state index is 0.186. The molecule has 1 aromatic carbocycles. The number of hydrogen-bond donors (Lipinski definition) is 1. The molecule has 0 saturated carbocycles. The zero-order valence-corrected chi connectivity index (χ0v) is 9.97. The molecule has 17 heavy (non-hydrogen) atoms. The number of hydrogen-bond acceptors (Lipinski definition) is 3. The lowest BCUT2D eigenvalue weighted by molar-refractivity contribution is 0.291. The summed E-state index contributed by atoms with van der Waals surface area (Å²) in [5.41, 5.74) is 6.99. The van der Waals surface area contributed by atoms with Crippen LogP contribution in [0.25, 0.3) is 0 Å². The Morgan fingerprint density at radius 1 is 1.18 bits per heavy atom. The summed E-state index contributed by atoms with van der Waals surface area (Å²) in [6.07, 6.45) is 3.43. The molecule has 1 atom stereocenters. The molecule has 0 fully saturated rings. The van der Waals surface area contributed by atoms with Crippen molar-refractivity contribution < 1.29 is 4.74 Å². The number of pyridine rings is 1. The predicted octanol–water partition coefficient (Wildman–Crippen LogP) is 2.81. The smallest absolute Gasteiger partial charge is 0.137 e. The third-order valence-corrected chi connectivity index (χ3v) is 2.70. The summed E-state index contributed by atoms with van der Waals surface area (Å²) >= 11 is 5.98. The first kappa shape index (κ1) is 11.9. The van der Waals surface area contributed by atoms with Crippen LogP contribution in [0.1, 0.15) is 11.6 Å². The molecule has 2 aromatic rings. The van der Waals surface area contributed by atoms with Crippen molar-refractivity contribution in [1.82, 2.24) is 4.98 Å². The molecule has 1 aromatic heterocycles. The number of rotatable bonds is 4.